The van der Waals surface area contributed by atoms with Gasteiger partial charge in [0.15, 0.2) is 0 Å². The van der Waals surface area contributed by atoms with Crippen LogP contribution < -0.4 is 5.32 Å². The van der Waals surface area contributed by atoms with Crippen LogP contribution in [-0.2, 0) is 0 Å². The van der Waals surface area contributed by atoms with E-state index in [1.165, 1.54) is 19.0 Å². The summed E-state index contributed by atoms with van der Waals surface area (Å²) in [5.41, 5.74) is 0.491. The van der Waals surface area contributed by atoms with Gasteiger partial charge in [-0.25, -0.2) is 0 Å². The number of rotatable bonds is 5. The number of likely N-dealkylation sites (tertiary alicyclic amines) is 1. The van der Waals surface area contributed by atoms with Gasteiger partial charge in [-0.15, -0.1) is 0 Å². The molecule has 1 fully saturated rings. The third-order valence-electron chi connectivity index (χ3n) is 3.87. The smallest absolute Gasteiger partial charge is 0.252 e. The van der Waals surface area contributed by atoms with E-state index in [0.29, 0.717) is 29.1 Å². The zero-order chi connectivity index (χ0) is 14.5. The number of carbonyl (C=O) groups is 1. The van der Waals surface area contributed by atoms with Crippen molar-refractivity contribution >= 4 is 17.5 Å². The molecule has 1 unspecified atom stereocenters. The van der Waals surface area contributed by atoms with Crippen molar-refractivity contribution in [3.05, 3.63) is 29.0 Å². The molecule has 0 bridgehead atoms. The predicted molar refractivity (Wildman–Crippen MR) is 81.0 cm³/mol. The molecular weight excluding hydrogens is 274 g/mol. The third kappa shape index (κ3) is 3.70. The number of nitrogens with one attached hydrogen (secondary N) is 1. The molecule has 20 heavy (non-hydrogen) atoms. The van der Waals surface area contributed by atoms with Gasteiger partial charge >= 0.3 is 0 Å². The van der Waals surface area contributed by atoms with Crippen LogP contribution in [0.25, 0.3) is 0 Å². The number of amides is 1. The topological polar surface area (TPSA) is 45.2 Å². The molecule has 0 saturated carbocycles. The molecule has 0 spiro atoms. The Hall–Kier alpha value is -1.13. The Morgan fingerprint density at radius 1 is 1.45 bits per heavy atom. The molecule has 0 aromatic carbocycles. The van der Waals surface area contributed by atoms with Gasteiger partial charge < -0.3 is 5.32 Å². The van der Waals surface area contributed by atoms with E-state index in [0.717, 1.165) is 13.1 Å². The van der Waals surface area contributed by atoms with E-state index in [-0.39, 0.29) is 5.91 Å². The van der Waals surface area contributed by atoms with Crippen molar-refractivity contribution in [2.75, 3.05) is 19.6 Å². The van der Waals surface area contributed by atoms with Gasteiger partial charge in [0.1, 0.15) is 0 Å². The van der Waals surface area contributed by atoms with E-state index in [9.17, 15) is 4.79 Å². The van der Waals surface area contributed by atoms with E-state index in [2.05, 4.69) is 29.0 Å². The molecule has 1 aromatic heterocycles. The number of hydrogen-bond acceptors (Lipinski definition) is 3. The fourth-order valence-electron chi connectivity index (χ4n) is 2.71. The molecular formula is C15H22ClN3O. The molecule has 0 aliphatic carbocycles. The molecule has 5 heteroatoms. The second-order valence-electron chi connectivity index (χ2n) is 5.62. The van der Waals surface area contributed by atoms with Crippen molar-refractivity contribution in [1.82, 2.24) is 15.2 Å². The van der Waals surface area contributed by atoms with Gasteiger partial charge in [0.25, 0.3) is 5.91 Å². The van der Waals surface area contributed by atoms with Crippen molar-refractivity contribution in [2.45, 2.75) is 32.7 Å². The van der Waals surface area contributed by atoms with Gasteiger partial charge in [-0.2, -0.15) is 0 Å². The lowest BCUT2D eigenvalue weighted by Crippen LogP contribution is -2.45. The molecule has 1 amide bonds. The maximum atomic E-state index is 12.2. The van der Waals surface area contributed by atoms with Crippen LogP contribution in [0.15, 0.2) is 18.5 Å². The minimum absolute atomic E-state index is 0.123. The Bertz CT molecular complexity index is 458. The van der Waals surface area contributed by atoms with Crippen molar-refractivity contribution in [3.8, 4) is 0 Å². The average molecular weight is 296 g/mol. The first kappa shape index (κ1) is 15.3. The van der Waals surface area contributed by atoms with Crippen LogP contribution in [0.4, 0.5) is 0 Å². The molecule has 1 aromatic rings. The normalized spacial score (nSPS) is 17.4. The minimum atomic E-state index is -0.123. The lowest BCUT2D eigenvalue weighted by atomic mass is 10.0. The predicted octanol–water partition coefficient (Wildman–Crippen LogP) is 2.59. The zero-order valence-corrected chi connectivity index (χ0v) is 12.9. The molecule has 110 valence electrons. The third-order valence-corrected chi connectivity index (χ3v) is 4.17. The van der Waals surface area contributed by atoms with E-state index >= 15 is 0 Å². The molecule has 2 rings (SSSR count). The average Bonchev–Trinajstić information content (AvgIpc) is 2.92. The fourth-order valence-corrected chi connectivity index (χ4v) is 2.92. The highest BCUT2D eigenvalue weighted by molar-refractivity contribution is 6.33. The molecule has 1 aliphatic heterocycles. The van der Waals surface area contributed by atoms with Crippen LogP contribution in [0.5, 0.6) is 0 Å². The number of hydrogen-bond donors (Lipinski definition) is 1. The SMILES string of the molecule is CC(C)C(CNC(=O)c1ccncc1Cl)N1CCCC1. The monoisotopic (exact) mass is 295 g/mol. The van der Waals surface area contributed by atoms with Crippen molar-refractivity contribution in [2.24, 2.45) is 5.92 Å². The molecule has 1 aliphatic rings. The standard InChI is InChI=1S/C15H22ClN3O/c1-11(2)14(19-7-3-4-8-19)10-18-15(20)12-5-6-17-9-13(12)16/h5-6,9,11,14H,3-4,7-8,10H2,1-2H3,(H,18,20). The maximum Gasteiger partial charge on any atom is 0.252 e. The Morgan fingerprint density at radius 2 is 2.15 bits per heavy atom. The maximum absolute atomic E-state index is 12.2. The van der Waals surface area contributed by atoms with Crippen LogP contribution >= 0.6 is 11.6 Å². The highest BCUT2D eigenvalue weighted by Gasteiger charge is 2.25. The summed E-state index contributed by atoms with van der Waals surface area (Å²) in [7, 11) is 0. The van der Waals surface area contributed by atoms with Gasteiger partial charge in [-0.1, -0.05) is 25.4 Å². The number of halogens is 1. The Kier molecular flexibility index (Phi) is 5.38. The fraction of sp³-hybridized carbons (Fsp3) is 0.600. The summed E-state index contributed by atoms with van der Waals surface area (Å²) in [5, 5.41) is 3.40. The van der Waals surface area contributed by atoms with Gasteiger partial charge in [0.05, 0.1) is 10.6 Å². The Balaban J connectivity index is 1.95. The minimum Gasteiger partial charge on any atom is -0.350 e. The van der Waals surface area contributed by atoms with Crippen LogP contribution in [-0.4, -0.2) is 41.5 Å². The number of carbonyl (C=O) groups excluding carboxylic acids is 1. The summed E-state index contributed by atoms with van der Waals surface area (Å²) >= 11 is 5.99. The molecule has 4 nitrogen and oxygen atoms in total. The van der Waals surface area contributed by atoms with Gasteiger partial charge in [0, 0.05) is 25.0 Å². The molecule has 1 saturated heterocycles. The van der Waals surface area contributed by atoms with E-state index < -0.39 is 0 Å². The first-order chi connectivity index (χ1) is 9.59. The Morgan fingerprint density at radius 3 is 2.75 bits per heavy atom. The van der Waals surface area contributed by atoms with Gasteiger partial charge in [-0.05, 0) is 37.9 Å². The summed E-state index contributed by atoms with van der Waals surface area (Å²) < 4.78 is 0. The number of pyridine rings is 1. The van der Waals surface area contributed by atoms with Crippen LogP contribution in [0.3, 0.4) is 0 Å². The highest BCUT2D eigenvalue weighted by Crippen LogP contribution is 2.18. The lowest BCUT2D eigenvalue weighted by molar-refractivity contribution is 0.0927. The van der Waals surface area contributed by atoms with E-state index in [1.807, 2.05) is 0 Å². The number of nitrogens with zero attached hydrogens (tertiary/aromatic N) is 2. The quantitative estimate of drug-likeness (QED) is 0.908. The summed E-state index contributed by atoms with van der Waals surface area (Å²) in [6.45, 7) is 7.34. The van der Waals surface area contributed by atoms with Gasteiger partial charge in [-0.3, -0.25) is 14.7 Å². The number of aromatic nitrogens is 1. The zero-order valence-electron chi connectivity index (χ0n) is 12.1. The van der Waals surface area contributed by atoms with Crippen molar-refractivity contribution in [1.29, 1.82) is 0 Å². The Labute approximate surface area is 125 Å². The summed E-state index contributed by atoms with van der Waals surface area (Å²) in [4.78, 5) is 18.5. The van der Waals surface area contributed by atoms with Crippen molar-refractivity contribution < 1.29 is 4.79 Å². The summed E-state index contributed by atoms with van der Waals surface area (Å²) in [5.74, 6) is 0.392. The van der Waals surface area contributed by atoms with Gasteiger partial charge in [0.2, 0.25) is 0 Å². The first-order valence-electron chi connectivity index (χ1n) is 7.21. The summed E-state index contributed by atoms with van der Waals surface area (Å²) in [6, 6.07) is 2.04. The van der Waals surface area contributed by atoms with Crippen LogP contribution in [0.1, 0.15) is 37.0 Å². The molecule has 0 radical (unpaired) electrons. The van der Waals surface area contributed by atoms with E-state index in [1.54, 1.807) is 12.3 Å². The first-order valence-corrected chi connectivity index (χ1v) is 7.59. The molecule has 2 heterocycles. The van der Waals surface area contributed by atoms with E-state index in [4.69, 9.17) is 11.6 Å². The van der Waals surface area contributed by atoms with Crippen LogP contribution in [0, 0.1) is 5.92 Å². The highest BCUT2D eigenvalue weighted by atomic mass is 35.5. The second-order valence-corrected chi connectivity index (χ2v) is 6.03. The second kappa shape index (κ2) is 7.04. The van der Waals surface area contributed by atoms with Crippen molar-refractivity contribution in [3.63, 3.8) is 0 Å². The summed E-state index contributed by atoms with van der Waals surface area (Å²) in [6.07, 6.45) is 5.60. The van der Waals surface area contributed by atoms with Crippen LogP contribution in [0.2, 0.25) is 5.02 Å². The molecule has 1 N–H and O–H groups in total. The lowest BCUT2D eigenvalue weighted by Gasteiger charge is -2.31. The molecule has 1 atom stereocenters. The largest absolute Gasteiger partial charge is 0.350 e.